The Kier molecular flexibility index (Phi) is 8.61. The molecule has 1 atom stereocenters. The van der Waals surface area contributed by atoms with E-state index in [-0.39, 0.29) is 6.71 Å². The van der Waals surface area contributed by atoms with Crippen LogP contribution in [0.25, 0.3) is 0 Å². The highest BCUT2D eigenvalue weighted by Crippen LogP contribution is 2.61. The first-order chi connectivity index (χ1) is 19.0. The van der Waals surface area contributed by atoms with Crippen molar-refractivity contribution >= 4 is 12.2 Å². The molecule has 0 bridgehead atoms. The minimum absolute atomic E-state index is 0.167. The lowest BCUT2D eigenvalue weighted by atomic mass is 9.32. The van der Waals surface area contributed by atoms with Gasteiger partial charge in [0.1, 0.15) is 0 Å². The van der Waals surface area contributed by atoms with Crippen molar-refractivity contribution < 1.29 is 0 Å². The first-order valence-corrected chi connectivity index (χ1v) is 14.2. The fourth-order valence-electron chi connectivity index (χ4n) is 6.85. The smallest absolute Gasteiger partial charge is 0.0908 e. The lowest BCUT2D eigenvalue weighted by molar-refractivity contribution is 0.754. The topological polar surface area (TPSA) is 0 Å². The van der Waals surface area contributed by atoms with Crippen molar-refractivity contribution in [1.82, 2.24) is 0 Å². The fourth-order valence-corrected chi connectivity index (χ4v) is 6.85. The van der Waals surface area contributed by atoms with Crippen LogP contribution in [0.2, 0.25) is 0 Å². The second-order valence-corrected chi connectivity index (χ2v) is 10.1. The molecule has 2 aliphatic heterocycles. The maximum Gasteiger partial charge on any atom is 0.243 e. The number of fused-ring (bicyclic) bond motifs is 4. The predicted octanol–water partition coefficient (Wildman–Crippen LogP) is 9.52. The third-order valence-electron chi connectivity index (χ3n) is 8.11. The molecule has 1 aromatic rings. The Balaban J connectivity index is 2.36. The lowest BCUT2D eigenvalue weighted by Gasteiger charge is -2.43. The molecule has 1 unspecified atom stereocenters. The standard InChI is InChI=1S/C38H41B/c1-9-16-23-31-27(8)30(20-11-3)32(21-12-4)38(31)33-24-18-19-26-36(33)39-35(25-17-10-2)28(14-6)29(15-7)37(39)34(38)22-13-5/h9-26H,8H2,1-7H3/b16-9-,17-10-,20-11-,21-12-,22-13-,28-14-,29-15+,31-23+,35-25+. The summed E-state index contributed by atoms with van der Waals surface area (Å²) in [4.78, 5) is 0. The average Bonchev–Trinajstić information content (AvgIpc) is 3.38. The van der Waals surface area contributed by atoms with Gasteiger partial charge >= 0.3 is 0 Å². The van der Waals surface area contributed by atoms with Gasteiger partial charge in [-0.1, -0.05) is 132 Å². The molecule has 39 heavy (non-hydrogen) atoms. The molecule has 0 radical (unpaired) electrons. The summed E-state index contributed by atoms with van der Waals surface area (Å²) in [7, 11) is 0. The van der Waals surface area contributed by atoms with Crippen molar-refractivity contribution in [3.05, 3.63) is 171 Å². The summed E-state index contributed by atoms with van der Waals surface area (Å²) >= 11 is 0. The van der Waals surface area contributed by atoms with Crippen molar-refractivity contribution in [1.29, 1.82) is 0 Å². The first-order valence-electron chi connectivity index (χ1n) is 14.2. The van der Waals surface area contributed by atoms with Crippen LogP contribution in [0.5, 0.6) is 0 Å². The summed E-state index contributed by atoms with van der Waals surface area (Å²) in [6.07, 6.45) is 31.2. The van der Waals surface area contributed by atoms with Gasteiger partial charge < -0.3 is 0 Å². The van der Waals surface area contributed by atoms with Gasteiger partial charge in [-0.2, -0.15) is 0 Å². The zero-order valence-electron chi connectivity index (χ0n) is 24.7. The second-order valence-electron chi connectivity index (χ2n) is 10.1. The first kappa shape index (κ1) is 28.2. The van der Waals surface area contributed by atoms with E-state index in [1.54, 1.807) is 0 Å². The Morgan fingerprint density at radius 3 is 1.92 bits per heavy atom. The number of benzene rings is 1. The van der Waals surface area contributed by atoms with Crippen molar-refractivity contribution in [3.63, 3.8) is 0 Å². The molecular formula is C38H41B. The Labute approximate surface area is 237 Å². The molecule has 1 aromatic carbocycles. The van der Waals surface area contributed by atoms with Crippen molar-refractivity contribution in [3.8, 4) is 0 Å². The highest BCUT2D eigenvalue weighted by atomic mass is 14.5. The summed E-state index contributed by atoms with van der Waals surface area (Å²) in [5.74, 6) is 0. The van der Waals surface area contributed by atoms with E-state index in [9.17, 15) is 0 Å². The summed E-state index contributed by atoms with van der Waals surface area (Å²) in [5.41, 5.74) is 13.8. The van der Waals surface area contributed by atoms with Crippen LogP contribution in [0.1, 0.15) is 54.0 Å². The molecule has 0 saturated carbocycles. The van der Waals surface area contributed by atoms with Crippen molar-refractivity contribution in [2.45, 2.75) is 53.9 Å². The highest BCUT2D eigenvalue weighted by molar-refractivity contribution is 6.90. The molecule has 2 heterocycles. The van der Waals surface area contributed by atoms with Gasteiger partial charge in [0.15, 0.2) is 0 Å². The van der Waals surface area contributed by atoms with Crippen LogP contribution in [0.15, 0.2) is 166 Å². The number of allylic oxidation sites excluding steroid dienone is 23. The monoisotopic (exact) mass is 508 g/mol. The molecule has 3 aliphatic rings. The van der Waals surface area contributed by atoms with Gasteiger partial charge in [0.05, 0.1) is 5.41 Å². The molecule has 1 aliphatic carbocycles. The molecule has 4 rings (SSSR count). The van der Waals surface area contributed by atoms with E-state index in [0.29, 0.717) is 0 Å². The van der Waals surface area contributed by atoms with E-state index < -0.39 is 5.41 Å². The zero-order chi connectivity index (χ0) is 28.2. The molecule has 0 N–H and O–H groups in total. The highest BCUT2D eigenvalue weighted by Gasteiger charge is 2.56. The van der Waals surface area contributed by atoms with Crippen LogP contribution in [-0.4, -0.2) is 6.71 Å². The summed E-state index contributed by atoms with van der Waals surface area (Å²) in [5, 5.41) is 0. The minimum atomic E-state index is -0.476. The minimum Gasteiger partial charge on any atom is -0.0908 e. The maximum absolute atomic E-state index is 4.71. The van der Waals surface area contributed by atoms with E-state index >= 15 is 0 Å². The molecule has 1 spiro atoms. The molecule has 0 nitrogen and oxygen atoms in total. The molecule has 1 heteroatoms. The molecule has 0 aromatic heterocycles. The largest absolute Gasteiger partial charge is 0.243 e. The van der Waals surface area contributed by atoms with E-state index in [0.717, 1.165) is 5.57 Å². The third-order valence-corrected chi connectivity index (χ3v) is 8.11. The van der Waals surface area contributed by atoms with Gasteiger partial charge in [0, 0.05) is 0 Å². The van der Waals surface area contributed by atoms with E-state index in [2.05, 4.69) is 158 Å². The van der Waals surface area contributed by atoms with Crippen LogP contribution in [0.4, 0.5) is 0 Å². The Morgan fingerprint density at radius 2 is 1.31 bits per heavy atom. The van der Waals surface area contributed by atoms with Crippen LogP contribution in [0, 0.1) is 0 Å². The zero-order valence-corrected chi connectivity index (χ0v) is 24.7. The molecule has 0 amide bonds. The number of hydrogen-bond donors (Lipinski definition) is 0. The second kappa shape index (κ2) is 11.9. The van der Waals surface area contributed by atoms with Gasteiger partial charge in [-0.05, 0) is 93.0 Å². The predicted molar refractivity (Wildman–Crippen MR) is 174 cm³/mol. The van der Waals surface area contributed by atoms with E-state index in [4.69, 9.17) is 6.58 Å². The molecular weight excluding hydrogens is 467 g/mol. The van der Waals surface area contributed by atoms with Crippen LogP contribution in [-0.2, 0) is 5.41 Å². The normalized spacial score (nSPS) is 25.9. The van der Waals surface area contributed by atoms with Gasteiger partial charge in [-0.3, -0.25) is 0 Å². The Hall–Kier alpha value is -3.84. The summed E-state index contributed by atoms with van der Waals surface area (Å²) < 4.78 is 0. The fraction of sp³-hybridized carbons (Fsp3) is 0.211. The van der Waals surface area contributed by atoms with Crippen molar-refractivity contribution in [2.24, 2.45) is 0 Å². The molecule has 196 valence electrons. The maximum atomic E-state index is 4.71. The SMILES string of the molecule is C=C1C(/C=C\C)=C(/C=C\C)C2(C(/C=C\C)=C3B(C(=C/C=C\C)/C(=C\C)/C3=C\C)c3ccccc32)/C1=C/C=C\C. The van der Waals surface area contributed by atoms with Crippen LogP contribution in [0.3, 0.4) is 0 Å². The summed E-state index contributed by atoms with van der Waals surface area (Å²) in [6.45, 7) is 19.7. The lowest BCUT2D eigenvalue weighted by Crippen LogP contribution is -2.48. The third kappa shape index (κ3) is 4.16. The van der Waals surface area contributed by atoms with Gasteiger partial charge in [0.25, 0.3) is 0 Å². The Morgan fingerprint density at radius 1 is 0.692 bits per heavy atom. The van der Waals surface area contributed by atoms with Gasteiger partial charge in [0.2, 0.25) is 6.71 Å². The number of hydrogen-bond acceptors (Lipinski definition) is 0. The summed E-state index contributed by atoms with van der Waals surface area (Å²) in [6, 6.07) is 9.10. The molecule has 1 fully saturated rings. The average molecular weight is 509 g/mol. The molecule has 1 saturated heterocycles. The van der Waals surface area contributed by atoms with Crippen molar-refractivity contribution in [2.75, 3.05) is 0 Å². The van der Waals surface area contributed by atoms with E-state index in [1.807, 2.05) is 0 Å². The Bertz CT molecular complexity index is 1510. The van der Waals surface area contributed by atoms with E-state index in [1.165, 1.54) is 55.4 Å². The van der Waals surface area contributed by atoms with Crippen LogP contribution < -0.4 is 5.46 Å². The number of rotatable bonds is 5. The quantitative estimate of drug-likeness (QED) is 0.348. The van der Waals surface area contributed by atoms with Gasteiger partial charge in [-0.25, -0.2) is 0 Å². The van der Waals surface area contributed by atoms with Crippen LogP contribution >= 0.6 is 0 Å². The van der Waals surface area contributed by atoms with Gasteiger partial charge in [-0.15, -0.1) is 0 Å².